The van der Waals surface area contributed by atoms with Gasteiger partial charge in [-0.2, -0.15) is 0 Å². The Balaban J connectivity index is 0.00000180. The van der Waals surface area contributed by atoms with E-state index < -0.39 is 0 Å². The van der Waals surface area contributed by atoms with E-state index in [1.54, 1.807) is 0 Å². The number of fused-ring (bicyclic) bond motifs is 3. The van der Waals surface area contributed by atoms with Crippen LogP contribution in [0.3, 0.4) is 0 Å². The predicted octanol–water partition coefficient (Wildman–Crippen LogP) is 3.26. The maximum Gasteiger partial charge on any atom is 0.309 e. The van der Waals surface area contributed by atoms with Crippen LogP contribution in [0.1, 0.15) is 52.4 Å². The van der Waals surface area contributed by atoms with Gasteiger partial charge in [0.05, 0.1) is 5.92 Å². The molecule has 0 aromatic rings. The van der Waals surface area contributed by atoms with Gasteiger partial charge in [0.15, 0.2) is 0 Å². The predicted molar refractivity (Wildman–Crippen MR) is 79.6 cm³/mol. The number of carbonyl (C=O) groups is 1. The third-order valence-electron chi connectivity index (χ3n) is 4.47. The van der Waals surface area contributed by atoms with Crippen molar-refractivity contribution in [1.82, 2.24) is 4.90 Å². The molecule has 3 fully saturated rings. The van der Waals surface area contributed by atoms with Gasteiger partial charge >= 0.3 is 5.97 Å². The summed E-state index contributed by atoms with van der Waals surface area (Å²) in [6.07, 6.45) is 6.70. The second-order valence-corrected chi connectivity index (χ2v) is 5.89. The Bertz CT molecular complexity index is 271. The van der Waals surface area contributed by atoms with Crippen LogP contribution in [0.2, 0.25) is 0 Å². The molecule has 3 nitrogen and oxygen atoms in total. The largest absolute Gasteiger partial charge is 0.460 e. The van der Waals surface area contributed by atoms with Gasteiger partial charge in [-0.1, -0.05) is 26.7 Å². The highest BCUT2D eigenvalue weighted by Crippen LogP contribution is 2.30. The molecule has 3 heterocycles. The molecule has 0 saturated carbocycles. The summed E-state index contributed by atoms with van der Waals surface area (Å²) in [4.78, 5) is 14.7. The molecular weight excluding hydrogens is 262 g/mol. The smallest absolute Gasteiger partial charge is 0.309 e. The van der Waals surface area contributed by atoms with E-state index in [0.717, 1.165) is 32.2 Å². The van der Waals surface area contributed by atoms with Gasteiger partial charge in [-0.05, 0) is 44.7 Å². The van der Waals surface area contributed by atoms with Gasteiger partial charge in [0.2, 0.25) is 0 Å². The number of carbonyl (C=O) groups excluding carboxylic acids is 1. The molecule has 3 rings (SSSR count). The fourth-order valence-electron chi connectivity index (χ4n) is 3.37. The SMILES string of the molecule is CCCC(CCC)C(=O)OC1CN2CCC1CC2.Cl. The van der Waals surface area contributed by atoms with Gasteiger partial charge in [0, 0.05) is 6.54 Å². The van der Waals surface area contributed by atoms with Gasteiger partial charge in [-0.3, -0.25) is 9.69 Å². The zero-order valence-electron chi connectivity index (χ0n) is 12.3. The van der Waals surface area contributed by atoms with E-state index in [0.29, 0.717) is 5.92 Å². The summed E-state index contributed by atoms with van der Waals surface area (Å²) in [7, 11) is 0. The summed E-state index contributed by atoms with van der Waals surface area (Å²) in [6.45, 7) is 7.66. The molecular formula is C15H28ClNO2. The normalized spacial score (nSPS) is 29.1. The average Bonchev–Trinajstić information content (AvgIpc) is 2.40. The number of hydrogen-bond donors (Lipinski definition) is 0. The van der Waals surface area contributed by atoms with Gasteiger partial charge in [0.25, 0.3) is 0 Å². The standard InChI is InChI=1S/C15H27NO2.ClH/c1-3-5-13(6-4-2)15(17)18-14-11-16-9-7-12(14)8-10-16;/h12-14H,3-11H2,1-2H3;1H. The molecule has 1 unspecified atom stereocenters. The van der Waals surface area contributed by atoms with Crippen LogP contribution >= 0.6 is 12.4 Å². The van der Waals surface area contributed by atoms with Gasteiger partial charge in [0.1, 0.15) is 6.10 Å². The van der Waals surface area contributed by atoms with Crippen LogP contribution < -0.4 is 0 Å². The summed E-state index contributed by atoms with van der Waals surface area (Å²) in [6, 6.07) is 0. The second-order valence-electron chi connectivity index (χ2n) is 5.89. The molecule has 3 aliphatic rings. The summed E-state index contributed by atoms with van der Waals surface area (Å²) in [5.74, 6) is 0.829. The number of esters is 1. The Hall–Kier alpha value is -0.280. The Labute approximate surface area is 123 Å². The van der Waals surface area contributed by atoms with Crippen molar-refractivity contribution in [3.63, 3.8) is 0 Å². The molecule has 0 amide bonds. The molecule has 1 atom stereocenters. The summed E-state index contributed by atoms with van der Waals surface area (Å²) < 4.78 is 5.81. The first-order valence-corrected chi connectivity index (χ1v) is 7.67. The van der Waals surface area contributed by atoms with E-state index in [9.17, 15) is 4.79 Å². The van der Waals surface area contributed by atoms with Gasteiger partial charge < -0.3 is 4.74 Å². The first-order chi connectivity index (χ1) is 8.74. The highest BCUT2D eigenvalue weighted by molar-refractivity contribution is 5.85. The molecule has 4 heteroatoms. The third-order valence-corrected chi connectivity index (χ3v) is 4.47. The van der Waals surface area contributed by atoms with E-state index >= 15 is 0 Å². The molecule has 0 radical (unpaired) electrons. The van der Waals surface area contributed by atoms with Crippen LogP contribution in [0.4, 0.5) is 0 Å². The first kappa shape index (κ1) is 16.8. The fraction of sp³-hybridized carbons (Fsp3) is 0.933. The van der Waals surface area contributed by atoms with E-state index in [1.165, 1.54) is 25.9 Å². The zero-order valence-corrected chi connectivity index (χ0v) is 13.1. The number of rotatable bonds is 6. The molecule has 0 spiro atoms. The molecule has 112 valence electrons. The van der Waals surface area contributed by atoms with Crippen LogP contribution in [0.15, 0.2) is 0 Å². The lowest BCUT2D eigenvalue weighted by Gasteiger charge is -2.44. The van der Waals surface area contributed by atoms with Crippen molar-refractivity contribution in [3.05, 3.63) is 0 Å². The monoisotopic (exact) mass is 289 g/mol. The number of hydrogen-bond acceptors (Lipinski definition) is 3. The van der Waals surface area contributed by atoms with Crippen molar-refractivity contribution in [3.8, 4) is 0 Å². The fourth-order valence-corrected chi connectivity index (χ4v) is 3.37. The minimum absolute atomic E-state index is 0. The molecule has 0 aromatic carbocycles. The highest BCUT2D eigenvalue weighted by Gasteiger charge is 2.37. The minimum atomic E-state index is 0. The van der Waals surface area contributed by atoms with Crippen molar-refractivity contribution >= 4 is 18.4 Å². The van der Waals surface area contributed by atoms with Gasteiger partial charge in [-0.25, -0.2) is 0 Å². The van der Waals surface area contributed by atoms with E-state index in [2.05, 4.69) is 18.7 Å². The van der Waals surface area contributed by atoms with Crippen molar-refractivity contribution < 1.29 is 9.53 Å². The number of halogens is 1. The van der Waals surface area contributed by atoms with Crippen LogP contribution in [0.5, 0.6) is 0 Å². The lowest BCUT2D eigenvalue weighted by atomic mass is 9.85. The summed E-state index contributed by atoms with van der Waals surface area (Å²) >= 11 is 0. The molecule has 0 aromatic heterocycles. The Morgan fingerprint density at radius 3 is 2.21 bits per heavy atom. The lowest BCUT2D eigenvalue weighted by Crippen LogP contribution is -2.52. The highest BCUT2D eigenvalue weighted by atomic mass is 35.5. The summed E-state index contributed by atoms with van der Waals surface area (Å²) in [5, 5.41) is 0. The molecule has 2 bridgehead atoms. The van der Waals surface area contributed by atoms with Gasteiger partial charge in [-0.15, -0.1) is 12.4 Å². The average molecular weight is 290 g/mol. The lowest BCUT2D eigenvalue weighted by molar-refractivity contribution is -0.164. The van der Waals surface area contributed by atoms with Crippen LogP contribution in [-0.2, 0) is 9.53 Å². The van der Waals surface area contributed by atoms with E-state index in [4.69, 9.17) is 4.74 Å². The molecule has 0 N–H and O–H groups in total. The van der Waals surface area contributed by atoms with Crippen molar-refractivity contribution in [2.75, 3.05) is 19.6 Å². The molecule has 3 saturated heterocycles. The number of nitrogens with zero attached hydrogens (tertiary/aromatic N) is 1. The van der Waals surface area contributed by atoms with Crippen LogP contribution in [-0.4, -0.2) is 36.6 Å². The van der Waals surface area contributed by atoms with Crippen molar-refractivity contribution in [2.24, 2.45) is 11.8 Å². The topological polar surface area (TPSA) is 29.5 Å². The Kier molecular flexibility index (Phi) is 7.16. The minimum Gasteiger partial charge on any atom is -0.460 e. The Morgan fingerprint density at radius 1 is 1.21 bits per heavy atom. The van der Waals surface area contributed by atoms with E-state index in [1.807, 2.05) is 0 Å². The first-order valence-electron chi connectivity index (χ1n) is 7.67. The second kappa shape index (κ2) is 8.11. The van der Waals surface area contributed by atoms with Crippen LogP contribution in [0, 0.1) is 11.8 Å². The van der Waals surface area contributed by atoms with Crippen molar-refractivity contribution in [1.29, 1.82) is 0 Å². The molecule has 0 aliphatic carbocycles. The third kappa shape index (κ3) is 4.35. The quantitative estimate of drug-likeness (QED) is 0.703. The molecule has 19 heavy (non-hydrogen) atoms. The van der Waals surface area contributed by atoms with E-state index in [-0.39, 0.29) is 30.4 Å². The maximum absolute atomic E-state index is 12.2. The van der Waals surface area contributed by atoms with Crippen molar-refractivity contribution in [2.45, 2.75) is 58.5 Å². The number of piperidine rings is 3. The van der Waals surface area contributed by atoms with Crippen LogP contribution in [0.25, 0.3) is 0 Å². The Morgan fingerprint density at radius 2 is 1.79 bits per heavy atom. The zero-order chi connectivity index (χ0) is 13.0. The number of ether oxygens (including phenoxy) is 1. The molecule has 3 aliphatic heterocycles. The summed E-state index contributed by atoms with van der Waals surface area (Å²) in [5.41, 5.74) is 0. The maximum atomic E-state index is 12.2.